The molecule has 0 saturated carbocycles. The Balaban J connectivity index is 1.38. The fraction of sp³-hybridized carbons (Fsp3) is 0.111. The van der Waals surface area contributed by atoms with E-state index in [9.17, 15) is 0 Å². The topological polar surface area (TPSA) is 3.24 Å². The highest BCUT2D eigenvalue weighted by Gasteiger charge is 2.45. The van der Waals surface area contributed by atoms with E-state index in [2.05, 4.69) is 209 Å². The molecule has 1 heteroatoms. The van der Waals surface area contributed by atoms with E-state index in [-0.39, 0.29) is 10.8 Å². The van der Waals surface area contributed by atoms with Crippen LogP contribution in [0.15, 0.2) is 176 Å². The number of anilines is 3. The predicted octanol–water partition coefficient (Wildman–Crippen LogP) is 15.3. The van der Waals surface area contributed by atoms with E-state index in [0.717, 1.165) is 5.69 Å². The summed E-state index contributed by atoms with van der Waals surface area (Å²) in [6.45, 7) is 9.65. The maximum atomic E-state index is 2.53. The quantitative estimate of drug-likeness (QED) is 0.164. The Morgan fingerprint density at radius 1 is 0.291 bits per heavy atom. The van der Waals surface area contributed by atoms with Crippen molar-refractivity contribution in [2.24, 2.45) is 0 Å². The van der Waals surface area contributed by atoms with Crippen molar-refractivity contribution < 1.29 is 0 Å². The molecule has 8 aromatic carbocycles. The normalized spacial score (nSPS) is 14.8. The van der Waals surface area contributed by atoms with Gasteiger partial charge in [-0.1, -0.05) is 179 Å². The third-order valence-corrected chi connectivity index (χ3v) is 13.4. The van der Waals surface area contributed by atoms with Crippen LogP contribution in [0.25, 0.3) is 75.8 Å². The van der Waals surface area contributed by atoms with Crippen LogP contribution in [0.1, 0.15) is 38.8 Å². The van der Waals surface area contributed by atoms with Crippen molar-refractivity contribution in [3.05, 3.63) is 187 Å². The van der Waals surface area contributed by atoms with Crippen LogP contribution < -0.4 is 4.90 Å². The van der Waals surface area contributed by atoms with Crippen molar-refractivity contribution in [3.8, 4) is 11.1 Å². The standard InChI is InChI=1S/C54H41N/c1-53(2)47-27-11-13-29-49(47)55(50-30-14-12-28-48(50)54(53,3)4)34-31-32-41-37-19-7-10-22-40(37)43-24-15-23-42-38-20-8-5-17-35(38)36-18-6-9-21-39(36)44-25-16-26-45(46(41)33-34)52(44)51(42)43/h5-33H,1-4H3. The minimum atomic E-state index is -0.129. The molecule has 0 atom stereocenters. The van der Waals surface area contributed by atoms with Gasteiger partial charge in [0.1, 0.15) is 0 Å². The first-order valence-electron chi connectivity index (χ1n) is 19.5. The zero-order valence-electron chi connectivity index (χ0n) is 31.7. The molecule has 3 aliphatic rings. The van der Waals surface area contributed by atoms with Gasteiger partial charge in [-0.2, -0.15) is 0 Å². The fourth-order valence-corrected chi connectivity index (χ4v) is 10.0. The van der Waals surface area contributed by atoms with Crippen LogP contribution >= 0.6 is 0 Å². The molecule has 0 N–H and O–H groups in total. The number of hydrogen-bond acceptors (Lipinski definition) is 1. The van der Waals surface area contributed by atoms with Crippen LogP contribution in [0.3, 0.4) is 0 Å². The summed E-state index contributed by atoms with van der Waals surface area (Å²) in [5.74, 6) is 0. The van der Waals surface area contributed by atoms with Crippen molar-refractivity contribution in [2.45, 2.75) is 38.5 Å². The van der Waals surface area contributed by atoms with E-state index in [1.54, 1.807) is 0 Å². The second-order valence-electron chi connectivity index (χ2n) is 16.4. The molecule has 11 rings (SSSR count). The first kappa shape index (κ1) is 32.0. The SMILES string of the molecule is CC1(C)c2ccccc2N(c2ccc3c(c2)c2cccc4c2-c2c(cccc2c2ccccc23)c2ccccc2c2ccccc42)c2ccccc2C1(C)C. The first-order chi connectivity index (χ1) is 26.8. The lowest BCUT2D eigenvalue weighted by molar-refractivity contribution is 0.307. The largest absolute Gasteiger partial charge is 0.310 e. The number of benzene rings is 8. The average Bonchev–Trinajstić information content (AvgIpc) is 3.27. The number of nitrogens with zero attached hydrogens (tertiary/aromatic N) is 1. The Kier molecular flexibility index (Phi) is 6.72. The second-order valence-corrected chi connectivity index (χ2v) is 16.4. The Labute approximate surface area is 322 Å². The molecule has 0 amide bonds. The molecular weight excluding hydrogens is 663 g/mol. The summed E-state index contributed by atoms with van der Waals surface area (Å²) in [7, 11) is 0. The van der Waals surface area contributed by atoms with Crippen LogP contribution in [0, 0.1) is 0 Å². The van der Waals surface area contributed by atoms with Gasteiger partial charge in [0.05, 0.1) is 0 Å². The monoisotopic (exact) mass is 703 g/mol. The van der Waals surface area contributed by atoms with Gasteiger partial charge in [-0.15, -0.1) is 0 Å². The number of para-hydroxylation sites is 2. The molecule has 8 aromatic rings. The Morgan fingerprint density at radius 2 is 0.600 bits per heavy atom. The molecule has 55 heavy (non-hydrogen) atoms. The maximum absolute atomic E-state index is 2.53. The molecular formula is C54H41N. The van der Waals surface area contributed by atoms with E-state index in [1.807, 2.05) is 0 Å². The summed E-state index contributed by atoms with van der Waals surface area (Å²) < 4.78 is 0. The molecule has 1 heterocycles. The zero-order valence-corrected chi connectivity index (χ0v) is 31.7. The fourth-order valence-electron chi connectivity index (χ4n) is 10.0. The number of hydrogen-bond donors (Lipinski definition) is 0. The van der Waals surface area contributed by atoms with E-state index in [1.165, 1.54) is 98.3 Å². The van der Waals surface area contributed by atoms with E-state index >= 15 is 0 Å². The molecule has 0 saturated heterocycles. The second kappa shape index (κ2) is 11.5. The third kappa shape index (κ3) is 4.36. The van der Waals surface area contributed by atoms with Crippen molar-refractivity contribution in [2.75, 3.05) is 4.90 Å². The summed E-state index contributed by atoms with van der Waals surface area (Å²) in [6.07, 6.45) is 0. The van der Waals surface area contributed by atoms with Gasteiger partial charge in [-0.05, 0) is 111 Å². The average molecular weight is 704 g/mol. The molecule has 0 bridgehead atoms. The molecule has 0 spiro atoms. The minimum Gasteiger partial charge on any atom is -0.310 e. The third-order valence-electron chi connectivity index (χ3n) is 13.4. The molecule has 2 aliphatic carbocycles. The predicted molar refractivity (Wildman–Crippen MR) is 238 cm³/mol. The van der Waals surface area contributed by atoms with Crippen LogP contribution in [0.5, 0.6) is 0 Å². The van der Waals surface area contributed by atoms with Gasteiger partial charge in [0, 0.05) is 27.9 Å². The van der Waals surface area contributed by atoms with Gasteiger partial charge < -0.3 is 4.90 Å². The lowest BCUT2D eigenvalue weighted by atomic mass is 9.61. The van der Waals surface area contributed by atoms with Crippen LogP contribution in [-0.4, -0.2) is 0 Å². The lowest BCUT2D eigenvalue weighted by Gasteiger charge is -2.42. The number of rotatable bonds is 1. The molecule has 1 nitrogen and oxygen atoms in total. The van der Waals surface area contributed by atoms with Crippen LogP contribution in [-0.2, 0) is 10.8 Å². The Hall–Kier alpha value is -6.44. The Bertz CT molecular complexity index is 3160. The lowest BCUT2D eigenvalue weighted by Crippen LogP contribution is -2.39. The molecule has 1 aliphatic heterocycles. The van der Waals surface area contributed by atoms with Crippen molar-refractivity contribution >= 4 is 81.7 Å². The first-order valence-corrected chi connectivity index (χ1v) is 19.5. The highest BCUT2D eigenvalue weighted by Crippen LogP contribution is 2.56. The summed E-state index contributed by atoms with van der Waals surface area (Å²) >= 11 is 0. The highest BCUT2D eigenvalue weighted by molar-refractivity contribution is 6.31. The van der Waals surface area contributed by atoms with Gasteiger partial charge in [0.15, 0.2) is 0 Å². The van der Waals surface area contributed by atoms with Gasteiger partial charge in [0.25, 0.3) is 0 Å². The van der Waals surface area contributed by atoms with Crippen molar-refractivity contribution in [3.63, 3.8) is 0 Å². The molecule has 0 fully saturated rings. The smallest absolute Gasteiger partial charge is 0.0499 e. The summed E-state index contributed by atoms with van der Waals surface area (Å²) in [5, 5.41) is 15.1. The van der Waals surface area contributed by atoms with Gasteiger partial charge in [-0.25, -0.2) is 0 Å². The summed E-state index contributed by atoms with van der Waals surface area (Å²) in [6, 6.07) is 66.2. The van der Waals surface area contributed by atoms with E-state index in [0.29, 0.717) is 0 Å². The molecule has 0 unspecified atom stereocenters. The van der Waals surface area contributed by atoms with E-state index < -0.39 is 0 Å². The van der Waals surface area contributed by atoms with Crippen molar-refractivity contribution in [1.29, 1.82) is 0 Å². The maximum Gasteiger partial charge on any atom is 0.0499 e. The highest BCUT2D eigenvalue weighted by atomic mass is 15.2. The van der Waals surface area contributed by atoms with Crippen LogP contribution in [0.4, 0.5) is 17.1 Å². The van der Waals surface area contributed by atoms with Gasteiger partial charge >= 0.3 is 0 Å². The Morgan fingerprint density at radius 3 is 1.02 bits per heavy atom. The van der Waals surface area contributed by atoms with E-state index in [4.69, 9.17) is 0 Å². The summed E-state index contributed by atoms with van der Waals surface area (Å²) in [5.41, 5.74) is 8.67. The molecule has 262 valence electrons. The molecule has 0 aromatic heterocycles. The van der Waals surface area contributed by atoms with Crippen LogP contribution in [0.2, 0.25) is 0 Å². The van der Waals surface area contributed by atoms with Gasteiger partial charge in [0.2, 0.25) is 0 Å². The zero-order chi connectivity index (χ0) is 37.1. The minimum absolute atomic E-state index is 0.129. The van der Waals surface area contributed by atoms with Gasteiger partial charge in [-0.3, -0.25) is 0 Å². The number of fused-ring (bicyclic) bond motifs is 12. The molecule has 0 radical (unpaired) electrons. The van der Waals surface area contributed by atoms with Crippen molar-refractivity contribution in [1.82, 2.24) is 0 Å². The summed E-state index contributed by atoms with van der Waals surface area (Å²) in [4.78, 5) is 2.53.